The van der Waals surface area contributed by atoms with Crippen molar-refractivity contribution in [1.82, 2.24) is 5.43 Å². The largest absolute Gasteiger partial charge is 0.375 e. The summed E-state index contributed by atoms with van der Waals surface area (Å²) in [6.07, 6.45) is 11.5. The molecule has 1 aliphatic carbocycles. The summed E-state index contributed by atoms with van der Waals surface area (Å²) in [5.74, 6) is 7.28. The molecule has 1 aliphatic heterocycles. The first kappa shape index (κ1) is 15.3. The van der Waals surface area contributed by atoms with Gasteiger partial charge in [0.05, 0.1) is 5.60 Å². The number of hydrogen-bond donors (Lipinski definition) is 2. The molecule has 1 saturated heterocycles. The van der Waals surface area contributed by atoms with Gasteiger partial charge in [0, 0.05) is 12.6 Å². The minimum absolute atomic E-state index is 0.202. The van der Waals surface area contributed by atoms with Crippen LogP contribution in [-0.2, 0) is 4.74 Å². The van der Waals surface area contributed by atoms with Crippen LogP contribution in [0.1, 0.15) is 71.6 Å². The SMILES string of the molecule is CC(C)CCC(NN)C1CCOC2(CCCCC2)C1. The van der Waals surface area contributed by atoms with Crippen molar-refractivity contribution in [3.05, 3.63) is 0 Å². The fraction of sp³-hybridized carbons (Fsp3) is 1.00. The van der Waals surface area contributed by atoms with Crippen molar-refractivity contribution in [2.75, 3.05) is 6.61 Å². The van der Waals surface area contributed by atoms with Gasteiger partial charge in [-0.15, -0.1) is 0 Å². The molecule has 0 bridgehead atoms. The van der Waals surface area contributed by atoms with E-state index in [0.29, 0.717) is 12.0 Å². The number of hydrazine groups is 1. The molecule has 0 aromatic rings. The molecule has 0 aromatic heterocycles. The van der Waals surface area contributed by atoms with Gasteiger partial charge in [-0.25, -0.2) is 0 Å². The molecule has 2 aliphatic rings. The molecule has 2 unspecified atom stereocenters. The first-order chi connectivity index (χ1) is 9.15. The molecule has 112 valence electrons. The number of nitrogens with two attached hydrogens (primary N) is 1. The summed E-state index contributed by atoms with van der Waals surface area (Å²) in [7, 11) is 0. The molecule has 3 heteroatoms. The lowest BCUT2D eigenvalue weighted by Gasteiger charge is -2.45. The Balaban J connectivity index is 1.90. The van der Waals surface area contributed by atoms with Crippen LogP contribution in [0.5, 0.6) is 0 Å². The second-order valence-corrected chi connectivity index (χ2v) is 7.09. The predicted octanol–water partition coefficient (Wildman–Crippen LogP) is 3.38. The van der Waals surface area contributed by atoms with Crippen LogP contribution in [0.25, 0.3) is 0 Å². The Morgan fingerprint density at radius 2 is 1.95 bits per heavy atom. The zero-order chi connectivity index (χ0) is 13.7. The summed E-state index contributed by atoms with van der Waals surface area (Å²) in [5.41, 5.74) is 3.30. The maximum absolute atomic E-state index is 6.19. The monoisotopic (exact) mass is 268 g/mol. The van der Waals surface area contributed by atoms with E-state index >= 15 is 0 Å². The van der Waals surface area contributed by atoms with E-state index in [2.05, 4.69) is 19.3 Å². The zero-order valence-corrected chi connectivity index (χ0v) is 12.8. The van der Waals surface area contributed by atoms with Gasteiger partial charge in [-0.1, -0.05) is 33.1 Å². The molecule has 1 spiro atoms. The van der Waals surface area contributed by atoms with Crippen LogP contribution < -0.4 is 11.3 Å². The quantitative estimate of drug-likeness (QED) is 0.593. The van der Waals surface area contributed by atoms with Crippen LogP contribution in [0.3, 0.4) is 0 Å². The van der Waals surface area contributed by atoms with Crippen molar-refractivity contribution in [3.8, 4) is 0 Å². The minimum atomic E-state index is 0.202. The standard InChI is InChI=1S/C16H32N2O/c1-13(2)6-7-15(18-17)14-8-11-19-16(12-14)9-4-3-5-10-16/h13-15,18H,3-12,17H2,1-2H3. The number of nitrogens with one attached hydrogen (secondary N) is 1. The van der Waals surface area contributed by atoms with Crippen LogP contribution in [0.4, 0.5) is 0 Å². The first-order valence-electron chi connectivity index (χ1n) is 8.25. The van der Waals surface area contributed by atoms with Crippen molar-refractivity contribution in [2.45, 2.75) is 83.3 Å². The second kappa shape index (κ2) is 7.05. The van der Waals surface area contributed by atoms with Crippen molar-refractivity contribution >= 4 is 0 Å². The Morgan fingerprint density at radius 3 is 2.58 bits per heavy atom. The third-order valence-corrected chi connectivity index (χ3v) is 5.13. The van der Waals surface area contributed by atoms with E-state index in [1.54, 1.807) is 0 Å². The molecule has 1 heterocycles. The molecule has 1 saturated carbocycles. The molecule has 0 radical (unpaired) electrons. The summed E-state index contributed by atoms with van der Waals surface area (Å²) >= 11 is 0. The zero-order valence-electron chi connectivity index (χ0n) is 12.8. The normalized spacial score (nSPS) is 28.7. The lowest BCUT2D eigenvalue weighted by Crippen LogP contribution is -2.49. The molecular weight excluding hydrogens is 236 g/mol. The minimum Gasteiger partial charge on any atom is -0.375 e. The van der Waals surface area contributed by atoms with E-state index in [9.17, 15) is 0 Å². The van der Waals surface area contributed by atoms with Crippen LogP contribution in [0, 0.1) is 11.8 Å². The Hall–Kier alpha value is -0.120. The third kappa shape index (κ3) is 4.17. The van der Waals surface area contributed by atoms with Crippen LogP contribution >= 0.6 is 0 Å². The molecule has 2 rings (SSSR count). The molecule has 2 fully saturated rings. The summed E-state index contributed by atoms with van der Waals surface area (Å²) in [6, 6.07) is 0.477. The maximum Gasteiger partial charge on any atom is 0.0685 e. The van der Waals surface area contributed by atoms with Gasteiger partial charge in [-0.3, -0.25) is 11.3 Å². The molecule has 3 N–H and O–H groups in total. The topological polar surface area (TPSA) is 47.3 Å². The molecule has 0 amide bonds. The van der Waals surface area contributed by atoms with E-state index in [4.69, 9.17) is 10.6 Å². The third-order valence-electron chi connectivity index (χ3n) is 5.13. The smallest absolute Gasteiger partial charge is 0.0685 e. The predicted molar refractivity (Wildman–Crippen MR) is 79.7 cm³/mol. The lowest BCUT2D eigenvalue weighted by molar-refractivity contribution is -0.122. The number of rotatable bonds is 5. The highest BCUT2D eigenvalue weighted by atomic mass is 16.5. The lowest BCUT2D eigenvalue weighted by atomic mass is 9.73. The van der Waals surface area contributed by atoms with Crippen molar-refractivity contribution < 1.29 is 4.74 Å². The first-order valence-corrected chi connectivity index (χ1v) is 8.25. The highest BCUT2D eigenvalue weighted by Crippen LogP contribution is 2.42. The maximum atomic E-state index is 6.19. The van der Waals surface area contributed by atoms with Crippen LogP contribution in [0.15, 0.2) is 0 Å². The Morgan fingerprint density at radius 1 is 1.21 bits per heavy atom. The average Bonchev–Trinajstić information content (AvgIpc) is 2.40. The van der Waals surface area contributed by atoms with Gasteiger partial charge in [0.1, 0.15) is 0 Å². The van der Waals surface area contributed by atoms with Crippen molar-refractivity contribution in [2.24, 2.45) is 17.7 Å². The van der Waals surface area contributed by atoms with Crippen LogP contribution in [-0.4, -0.2) is 18.2 Å². The van der Waals surface area contributed by atoms with E-state index in [-0.39, 0.29) is 5.60 Å². The van der Waals surface area contributed by atoms with Crippen LogP contribution in [0.2, 0.25) is 0 Å². The van der Waals surface area contributed by atoms with Crippen molar-refractivity contribution in [1.29, 1.82) is 0 Å². The van der Waals surface area contributed by atoms with Gasteiger partial charge in [-0.2, -0.15) is 0 Å². The summed E-state index contributed by atoms with van der Waals surface area (Å²) in [5, 5.41) is 0. The van der Waals surface area contributed by atoms with E-state index < -0.39 is 0 Å². The molecule has 2 atom stereocenters. The highest BCUT2D eigenvalue weighted by molar-refractivity contribution is 4.92. The average molecular weight is 268 g/mol. The summed E-state index contributed by atoms with van der Waals surface area (Å²) in [4.78, 5) is 0. The second-order valence-electron chi connectivity index (χ2n) is 7.09. The summed E-state index contributed by atoms with van der Waals surface area (Å²) < 4.78 is 6.19. The fourth-order valence-corrected chi connectivity index (χ4v) is 3.92. The van der Waals surface area contributed by atoms with E-state index in [1.165, 1.54) is 57.8 Å². The van der Waals surface area contributed by atoms with Crippen molar-refractivity contribution in [3.63, 3.8) is 0 Å². The number of ether oxygens (including phenoxy) is 1. The van der Waals surface area contributed by atoms with Gasteiger partial charge in [0.15, 0.2) is 0 Å². The van der Waals surface area contributed by atoms with Gasteiger partial charge in [0.25, 0.3) is 0 Å². The molecule has 0 aromatic carbocycles. The Kier molecular flexibility index (Phi) is 5.67. The van der Waals surface area contributed by atoms with Gasteiger partial charge in [-0.05, 0) is 50.4 Å². The van der Waals surface area contributed by atoms with E-state index in [0.717, 1.165) is 12.5 Å². The van der Waals surface area contributed by atoms with Gasteiger partial charge in [0.2, 0.25) is 0 Å². The highest BCUT2D eigenvalue weighted by Gasteiger charge is 2.40. The Labute approximate surface area is 118 Å². The molecule has 19 heavy (non-hydrogen) atoms. The van der Waals surface area contributed by atoms with Gasteiger partial charge < -0.3 is 4.74 Å². The summed E-state index contributed by atoms with van der Waals surface area (Å²) in [6.45, 7) is 5.52. The molecular formula is C16H32N2O. The fourth-order valence-electron chi connectivity index (χ4n) is 3.92. The molecule has 3 nitrogen and oxygen atoms in total. The van der Waals surface area contributed by atoms with Gasteiger partial charge >= 0.3 is 0 Å². The number of hydrogen-bond acceptors (Lipinski definition) is 3. The Bertz CT molecular complexity index is 256. The van der Waals surface area contributed by atoms with E-state index in [1.807, 2.05) is 0 Å².